The van der Waals surface area contributed by atoms with Crippen LogP contribution in [0.25, 0.3) is 0 Å². The van der Waals surface area contributed by atoms with Gasteiger partial charge in [0, 0.05) is 25.3 Å². The van der Waals surface area contributed by atoms with Crippen molar-refractivity contribution in [2.75, 3.05) is 13.2 Å². The van der Waals surface area contributed by atoms with E-state index in [1.807, 2.05) is 0 Å². The SMILES string of the molecule is C[C@H](Oc1ccc([N+](=O)[O-])cc1)C(=O)NNC(=S)NC[C@H]1CCCO1. The van der Waals surface area contributed by atoms with Crippen LogP contribution in [0.15, 0.2) is 24.3 Å². The average Bonchev–Trinajstić information content (AvgIpc) is 3.11. The first kappa shape index (κ1) is 18.9. The van der Waals surface area contributed by atoms with Crippen LogP contribution in [-0.4, -0.2) is 41.3 Å². The summed E-state index contributed by atoms with van der Waals surface area (Å²) in [4.78, 5) is 22.1. The van der Waals surface area contributed by atoms with E-state index in [-0.39, 0.29) is 16.9 Å². The Hall–Kier alpha value is -2.46. The number of nitro benzene ring substituents is 1. The highest BCUT2D eigenvalue weighted by atomic mass is 32.1. The van der Waals surface area contributed by atoms with Crippen molar-refractivity contribution in [3.63, 3.8) is 0 Å². The van der Waals surface area contributed by atoms with Gasteiger partial charge in [-0.15, -0.1) is 0 Å². The molecule has 0 bridgehead atoms. The monoisotopic (exact) mass is 368 g/mol. The number of non-ortho nitro benzene ring substituents is 1. The molecule has 25 heavy (non-hydrogen) atoms. The fraction of sp³-hybridized carbons (Fsp3) is 0.467. The lowest BCUT2D eigenvalue weighted by Crippen LogP contribution is -2.51. The number of thiocarbonyl (C=S) groups is 1. The number of rotatable bonds is 6. The number of nitro groups is 1. The highest BCUT2D eigenvalue weighted by Gasteiger charge is 2.17. The third-order valence-corrected chi connectivity index (χ3v) is 3.79. The second-order valence-electron chi connectivity index (χ2n) is 5.47. The molecule has 1 amide bonds. The Morgan fingerprint density at radius 3 is 2.76 bits per heavy atom. The van der Waals surface area contributed by atoms with E-state index in [0.717, 1.165) is 19.4 Å². The normalized spacial score (nSPS) is 17.4. The Labute approximate surface area is 150 Å². The van der Waals surface area contributed by atoms with E-state index in [1.54, 1.807) is 6.92 Å². The third-order valence-electron chi connectivity index (χ3n) is 3.54. The van der Waals surface area contributed by atoms with Gasteiger partial charge in [0.1, 0.15) is 5.75 Å². The number of hydrogen-bond donors (Lipinski definition) is 3. The van der Waals surface area contributed by atoms with E-state index in [4.69, 9.17) is 21.7 Å². The highest BCUT2D eigenvalue weighted by Crippen LogP contribution is 2.18. The molecular weight excluding hydrogens is 348 g/mol. The summed E-state index contributed by atoms with van der Waals surface area (Å²) in [5.41, 5.74) is 4.99. The molecule has 1 aromatic rings. The van der Waals surface area contributed by atoms with E-state index < -0.39 is 16.9 Å². The maximum Gasteiger partial charge on any atom is 0.279 e. The quantitative estimate of drug-likeness (QED) is 0.388. The summed E-state index contributed by atoms with van der Waals surface area (Å²) < 4.78 is 10.9. The molecule has 1 aliphatic rings. The molecule has 0 spiro atoms. The van der Waals surface area contributed by atoms with Crippen LogP contribution in [0.2, 0.25) is 0 Å². The zero-order chi connectivity index (χ0) is 18.2. The van der Waals surface area contributed by atoms with E-state index in [9.17, 15) is 14.9 Å². The summed E-state index contributed by atoms with van der Waals surface area (Å²) in [6.07, 6.45) is 1.36. The van der Waals surface area contributed by atoms with Crippen LogP contribution in [0.1, 0.15) is 19.8 Å². The first-order valence-corrected chi connectivity index (χ1v) is 8.23. The topological polar surface area (TPSA) is 115 Å². The lowest BCUT2D eigenvalue weighted by molar-refractivity contribution is -0.384. The Morgan fingerprint density at radius 2 is 2.16 bits per heavy atom. The number of carbonyl (C=O) groups excluding carboxylic acids is 1. The van der Waals surface area contributed by atoms with Crippen molar-refractivity contribution in [3.8, 4) is 5.75 Å². The molecule has 0 radical (unpaired) electrons. The summed E-state index contributed by atoms with van der Waals surface area (Å²) >= 11 is 5.06. The maximum atomic E-state index is 12.0. The molecule has 2 atom stereocenters. The zero-order valence-electron chi connectivity index (χ0n) is 13.7. The molecular formula is C15H20N4O5S. The van der Waals surface area contributed by atoms with E-state index >= 15 is 0 Å². The van der Waals surface area contributed by atoms with Crippen molar-refractivity contribution in [2.24, 2.45) is 0 Å². The summed E-state index contributed by atoms with van der Waals surface area (Å²) in [5.74, 6) is -0.0769. The largest absolute Gasteiger partial charge is 0.481 e. The van der Waals surface area contributed by atoms with Crippen molar-refractivity contribution < 1.29 is 19.2 Å². The van der Waals surface area contributed by atoms with Crippen molar-refractivity contribution in [3.05, 3.63) is 34.4 Å². The molecule has 2 rings (SSSR count). The Kier molecular flexibility index (Phi) is 6.90. The minimum atomic E-state index is -0.810. The third kappa shape index (κ3) is 6.16. The molecule has 136 valence electrons. The van der Waals surface area contributed by atoms with Crippen molar-refractivity contribution in [1.29, 1.82) is 0 Å². The Bertz CT molecular complexity index is 619. The molecule has 1 aliphatic heterocycles. The second-order valence-corrected chi connectivity index (χ2v) is 5.88. The van der Waals surface area contributed by atoms with Gasteiger partial charge in [0.05, 0.1) is 11.0 Å². The van der Waals surface area contributed by atoms with Crippen LogP contribution in [0.3, 0.4) is 0 Å². The number of hydrogen-bond acceptors (Lipinski definition) is 6. The van der Waals surface area contributed by atoms with Crippen molar-refractivity contribution >= 4 is 28.9 Å². The van der Waals surface area contributed by atoms with Gasteiger partial charge in [-0.25, -0.2) is 0 Å². The van der Waals surface area contributed by atoms with Gasteiger partial charge in [0.15, 0.2) is 11.2 Å². The fourth-order valence-electron chi connectivity index (χ4n) is 2.18. The summed E-state index contributed by atoms with van der Waals surface area (Å²) in [6.45, 7) is 2.90. The first-order chi connectivity index (χ1) is 12.0. The van der Waals surface area contributed by atoms with E-state index in [0.29, 0.717) is 12.3 Å². The number of carbonyl (C=O) groups is 1. The van der Waals surface area contributed by atoms with Gasteiger partial charge in [0.2, 0.25) is 0 Å². The number of ether oxygens (including phenoxy) is 2. The Morgan fingerprint density at radius 1 is 1.44 bits per heavy atom. The number of benzene rings is 1. The van der Waals surface area contributed by atoms with Crippen LogP contribution < -0.4 is 20.9 Å². The maximum absolute atomic E-state index is 12.0. The van der Waals surface area contributed by atoms with Gasteiger partial charge in [0.25, 0.3) is 11.6 Å². The first-order valence-electron chi connectivity index (χ1n) is 7.82. The van der Waals surface area contributed by atoms with Gasteiger partial charge in [-0.1, -0.05) is 0 Å². The minimum Gasteiger partial charge on any atom is -0.481 e. The fourth-order valence-corrected chi connectivity index (χ4v) is 2.31. The van der Waals surface area contributed by atoms with Gasteiger partial charge in [-0.3, -0.25) is 25.8 Å². The summed E-state index contributed by atoms with van der Waals surface area (Å²) in [6, 6.07) is 5.48. The molecule has 9 nitrogen and oxygen atoms in total. The molecule has 10 heteroatoms. The molecule has 1 fully saturated rings. The van der Waals surface area contributed by atoms with Gasteiger partial charge >= 0.3 is 0 Å². The van der Waals surface area contributed by atoms with Crippen molar-refractivity contribution in [2.45, 2.75) is 32.0 Å². The molecule has 3 N–H and O–H groups in total. The molecule has 0 saturated carbocycles. The van der Waals surface area contributed by atoms with Crippen LogP contribution in [-0.2, 0) is 9.53 Å². The number of nitrogens with one attached hydrogen (secondary N) is 3. The highest BCUT2D eigenvalue weighted by molar-refractivity contribution is 7.80. The van der Waals surface area contributed by atoms with Gasteiger partial charge < -0.3 is 14.8 Å². The average molecular weight is 368 g/mol. The van der Waals surface area contributed by atoms with Crippen LogP contribution in [0.4, 0.5) is 5.69 Å². The number of nitrogens with zero attached hydrogens (tertiary/aromatic N) is 1. The number of amides is 1. The summed E-state index contributed by atoms with van der Waals surface area (Å²) in [5, 5.41) is 13.8. The molecule has 0 aromatic heterocycles. The predicted molar refractivity (Wildman–Crippen MR) is 94.0 cm³/mol. The van der Waals surface area contributed by atoms with Crippen LogP contribution >= 0.6 is 12.2 Å². The standard InChI is InChI=1S/C15H20N4O5S/c1-10(24-12-6-4-11(5-7-12)19(21)22)14(20)17-18-15(25)16-9-13-3-2-8-23-13/h4-7,10,13H,2-3,8-9H2,1H3,(H,17,20)(H2,16,18,25)/t10-,13+/m0/s1. The van der Waals surface area contributed by atoms with Gasteiger partial charge in [-0.05, 0) is 44.1 Å². The predicted octanol–water partition coefficient (Wildman–Crippen LogP) is 1.04. The lowest BCUT2D eigenvalue weighted by Gasteiger charge is -2.17. The van der Waals surface area contributed by atoms with E-state index in [1.165, 1.54) is 24.3 Å². The molecule has 0 unspecified atom stereocenters. The zero-order valence-corrected chi connectivity index (χ0v) is 14.5. The van der Waals surface area contributed by atoms with Crippen LogP contribution in [0, 0.1) is 10.1 Å². The molecule has 1 saturated heterocycles. The van der Waals surface area contributed by atoms with E-state index in [2.05, 4.69) is 16.2 Å². The number of hydrazine groups is 1. The van der Waals surface area contributed by atoms with Crippen molar-refractivity contribution in [1.82, 2.24) is 16.2 Å². The molecule has 1 aromatic carbocycles. The molecule has 1 heterocycles. The second kappa shape index (κ2) is 9.14. The summed E-state index contributed by atoms with van der Waals surface area (Å²) in [7, 11) is 0. The molecule has 0 aliphatic carbocycles. The Balaban J connectivity index is 1.70. The van der Waals surface area contributed by atoms with Crippen LogP contribution in [0.5, 0.6) is 5.75 Å². The lowest BCUT2D eigenvalue weighted by atomic mass is 10.2. The van der Waals surface area contributed by atoms with Gasteiger partial charge in [-0.2, -0.15) is 0 Å². The smallest absolute Gasteiger partial charge is 0.279 e. The minimum absolute atomic E-state index is 0.0474.